The average molecular weight is 285 g/mol. The van der Waals surface area contributed by atoms with Crippen molar-refractivity contribution in [3.63, 3.8) is 0 Å². The van der Waals surface area contributed by atoms with Gasteiger partial charge in [0.25, 0.3) is 0 Å². The molecule has 1 unspecified atom stereocenters. The van der Waals surface area contributed by atoms with Crippen LogP contribution in [0.1, 0.15) is 12.8 Å². The highest BCUT2D eigenvalue weighted by Crippen LogP contribution is 2.27. The van der Waals surface area contributed by atoms with Crippen molar-refractivity contribution in [3.8, 4) is 0 Å². The molecule has 3 nitrogen and oxygen atoms in total. The monoisotopic (exact) mass is 284 g/mol. The van der Waals surface area contributed by atoms with Crippen LogP contribution in [-0.2, 0) is 0 Å². The summed E-state index contributed by atoms with van der Waals surface area (Å²) in [5, 5.41) is 10.2. The van der Waals surface area contributed by atoms with Crippen molar-refractivity contribution >= 4 is 21.6 Å². The van der Waals surface area contributed by atoms with Gasteiger partial charge in [-0.05, 0) is 31.0 Å². The van der Waals surface area contributed by atoms with Gasteiger partial charge in [0.05, 0.1) is 5.60 Å². The molecule has 2 rings (SSSR count). The van der Waals surface area contributed by atoms with Gasteiger partial charge in [0.2, 0.25) is 0 Å². The fraction of sp³-hybridized carbons (Fsp3) is 0.500. The topological polar surface area (TPSA) is 49.5 Å². The summed E-state index contributed by atoms with van der Waals surface area (Å²) in [5.74, 6) is 0. The predicted molar refractivity (Wildman–Crippen MR) is 69.6 cm³/mol. The number of rotatable bonds is 2. The molecule has 1 heterocycles. The van der Waals surface area contributed by atoms with Crippen LogP contribution in [0.25, 0.3) is 0 Å². The summed E-state index contributed by atoms with van der Waals surface area (Å²) < 4.78 is 1.06. The molecule has 1 aliphatic rings. The second kappa shape index (κ2) is 4.73. The first-order valence-corrected chi connectivity index (χ1v) is 6.35. The third-order valence-electron chi connectivity index (χ3n) is 3.11. The van der Waals surface area contributed by atoms with Crippen molar-refractivity contribution in [2.24, 2.45) is 5.73 Å². The maximum absolute atomic E-state index is 10.2. The Morgan fingerprint density at radius 2 is 2.31 bits per heavy atom. The van der Waals surface area contributed by atoms with E-state index in [2.05, 4.69) is 33.0 Å². The van der Waals surface area contributed by atoms with Crippen molar-refractivity contribution < 1.29 is 5.11 Å². The van der Waals surface area contributed by atoms with Crippen LogP contribution in [-0.4, -0.2) is 30.3 Å². The van der Waals surface area contributed by atoms with Crippen LogP contribution in [0.4, 0.5) is 5.69 Å². The van der Waals surface area contributed by atoms with E-state index >= 15 is 0 Å². The van der Waals surface area contributed by atoms with Gasteiger partial charge in [-0.2, -0.15) is 0 Å². The van der Waals surface area contributed by atoms with Gasteiger partial charge >= 0.3 is 0 Å². The lowest BCUT2D eigenvalue weighted by molar-refractivity contribution is 0.0347. The SMILES string of the molecule is NCC1(O)CCCN(c2cccc(Br)c2)C1. The van der Waals surface area contributed by atoms with E-state index in [9.17, 15) is 5.11 Å². The molecule has 0 aliphatic carbocycles. The molecule has 0 radical (unpaired) electrons. The Labute approximate surface area is 104 Å². The van der Waals surface area contributed by atoms with Gasteiger partial charge < -0.3 is 15.7 Å². The Hall–Kier alpha value is -0.580. The lowest BCUT2D eigenvalue weighted by Gasteiger charge is -2.39. The van der Waals surface area contributed by atoms with E-state index in [1.807, 2.05) is 12.1 Å². The lowest BCUT2D eigenvalue weighted by atomic mass is 9.93. The first kappa shape index (κ1) is 11.9. The van der Waals surface area contributed by atoms with Crippen molar-refractivity contribution in [3.05, 3.63) is 28.7 Å². The second-order valence-corrected chi connectivity index (χ2v) is 5.35. The number of nitrogens with two attached hydrogens (primary N) is 1. The Bertz CT molecular complexity index is 372. The van der Waals surface area contributed by atoms with Crippen molar-refractivity contribution in [2.75, 3.05) is 24.5 Å². The van der Waals surface area contributed by atoms with Crippen LogP contribution in [0.3, 0.4) is 0 Å². The molecule has 1 fully saturated rings. The first-order chi connectivity index (χ1) is 7.63. The van der Waals surface area contributed by atoms with Crippen LogP contribution in [0.15, 0.2) is 28.7 Å². The predicted octanol–water partition coefficient (Wildman–Crippen LogP) is 1.74. The van der Waals surface area contributed by atoms with Gasteiger partial charge in [0.1, 0.15) is 0 Å². The molecule has 0 amide bonds. The van der Waals surface area contributed by atoms with E-state index < -0.39 is 5.60 Å². The summed E-state index contributed by atoms with van der Waals surface area (Å²) in [6.07, 6.45) is 1.79. The molecule has 3 N–H and O–H groups in total. The normalized spacial score (nSPS) is 25.8. The number of hydrogen-bond acceptors (Lipinski definition) is 3. The van der Waals surface area contributed by atoms with Gasteiger partial charge in [0.15, 0.2) is 0 Å². The number of hydrogen-bond donors (Lipinski definition) is 2. The van der Waals surface area contributed by atoms with Crippen molar-refractivity contribution in [1.82, 2.24) is 0 Å². The minimum atomic E-state index is -0.722. The number of halogens is 1. The van der Waals surface area contributed by atoms with Crippen LogP contribution in [0.2, 0.25) is 0 Å². The molecule has 0 spiro atoms. The average Bonchev–Trinajstić information content (AvgIpc) is 2.29. The molecular weight excluding hydrogens is 268 g/mol. The molecule has 0 saturated carbocycles. The van der Waals surface area contributed by atoms with Crippen molar-refractivity contribution in [2.45, 2.75) is 18.4 Å². The highest BCUT2D eigenvalue weighted by Gasteiger charge is 2.31. The van der Waals surface area contributed by atoms with Crippen LogP contribution in [0.5, 0.6) is 0 Å². The highest BCUT2D eigenvalue weighted by atomic mass is 79.9. The summed E-state index contributed by atoms with van der Waals surface area (Å²) in [6.45, 7) is 1.94. The minimum absolute atomic E-state index is 0.331. The number of aliphatic hydroxyl groups is 1. The van der Waals surface area contributed by atoms with E-state index in [1.54, 1.807) is 0 Å². The van der Waals surface area contributed by atoms with E-state index in [4.69, 9.17) is 5.73 Å². The molecule has 4 heteroatoms. The Morgan fingerprint density at radius 3 is 3.00 bits per heavy atom. The van der Waals surface area contributed by atoms with Crippen LogP contribution >= 0.6 is 15.9 Å². The fourth-order valence-corrected chi connectivity index (χ4v) is 2.56. The molecule has 88 valence electrons. The fourth-order valence-electron chi connectivity index (χ4n) is 2.17. The quantitative estimate of drug-likeness (QED) is 0.870. The Balaban J connectivity index is 2.16. The minimum Gasteiger partial charge on any atom is -0.387 e. The summed E-state index contributed by atoms with van der Waals surface area (Å²) in [5.41, 5.74) is 6.04. The van der Waals surface area contributed by atoms with E-state index in [0.29, 0.717) is 13.1 Å². The molecule has 16 heavy (non-hydrogen) atoms. The van der Waals surface area contributed by atoms with E-state index in [1.165, 1.54) is 0 Å². The largest absolute Gasteiger partial charge is 0.387 e. The summed E-state index contributed by atoms with van der Waals surface area (Å²) in [7, 11) is 0. The smallest absolute Gasteiger partial charge is 0.0943 e. The van der Waals surface area contributed by atoms with E-state index in [0.717, 1.165) is 29.5 Å². The lowest BCUT2D eigenvalue weighted by Crippen LogP contribution is -2.52. The molecule has 0 aromatic heterocycles. The maximum Gasteiger partial charge on any atom is 0.0943 e. The summed E-state index contributed by atoms with van der Waals surface area (Å²) >= 11 is 3.46. The van der Waals surface area contributed by atoms with E-state index in [-0.39, 0.29) is 0 Å². The zero-order valence-electron chi connectivity index (χ0n) is 9.19. The van der Waals surface area contributed by atoms with Gasteiger partial charge in [-0.15, -0.1) is 0 Å². The Kier molecular flexibility index (Phi) is 3.52. The number of nitrogens with zero attached hydrogens (tertiary/aromatic N) is 1. The van der Waals surface area contributed by atoms with Gasteiger partial charge in [-0.25, -0.2) is 0 Å². The van der Waals surface area contributed by atoms with Crippen LogP contribution in [0, 0.1) is 0 Å². The molecule has 1 aromatic carbocycles. The number of β-amino-alcohol motifs (C(OH)–C–C–N with tert-alkyl or cyclic N) is 1. The molecule has 1 saturated heterocycles. The summed E-state index contributed by atoms with van der Waals surface area (Å²) in [4.78, 5) is 2.20. The summed E-state index contributed by atoms with van der Waals surface area (Å²) in [6, 6.07) is 8.15. The molecule has 0 bridgehead atoms. The molecule has 1 aromatic rings. The third kappa shape index (κ3) is 2.56. The molecule has 1 aliphatic heterocycles. The number of anilines is 1. The Morgan fingerprint density at radius 1 is 1.50 bits per heavy atom. The number of piperidine rings is 1. The highest BCUT2D eigenvalue weighted by molar-refractivity contribution is 9.10. The van der Waals surface area contributed by atoms with Gasteiger partial charge in [-0.3, -0.25) is 0 Å². The molecule has 1 atom stereocenters. The second-order valence-electron chi connectivity index (χ2n) is 4.43. The third-order valence-corrected chi connectivity index (χ3v) is 3.60. The first-order valence-electron chi connectivity index (χ1n) is 5.56. The van der Waals surface area contributed by atoms with Gasteiger partial charge in [0, 0.05) is 29.8 Å². The number of benzene rings is 1. The standard InChI is InChI=1S/C12H17BrN2O/c13-10-3-1-4-11(7-10)15-6-2-5-12(16,8-14)9-15/h1,3-4,7,16H,2,5-6,8-9,14H2. The van der Waals surface area contributed by atoms with Crippen LogP contribution < -0.4 is 10.6 Å². The maximum atomic E-state index is 10.2. The molecular formula is C12H17BrN2O. The zero-order valence-corrected chi connectivity index (χ0v) is 10.8. The zero-order chi connectivity index (χ0) is 11.6. The van der Waals surface area contributed by atoms with Gasteiger partial charge in [-0.1, -0.05) is 22.0 Å². The van der Waals surface area contributed by atoms with Crippen molar-refractivity contribution in [1.29, 1.82) is 0 Å².